The van der Waals surface area contributed by atoms with Gasteiger partial charge in [-0.1, -0.05) is 41.4 Å². The molecule has 0 saturated heterocycles. The standard InChI is InChI=1S/C16H17Cl2FN2/c1-2-21(14-9-4-3-8-13(14)19)15(10-20)16-11(17)6-5-7-12(16)18/h3-9,15H,2,10,20H2,1H3. The molecule has 2 N–H and O–H groups in total. The zero-order chi connectivity index (χ0) is 15.4. The first-order chi connectivity index (χ1) is 10.1. The molecule has 21 heavy (non-hydrogen) atoms. The quantitative estimate of drug-likeness (QED) is 0.865. The summed E-state index contributed by atoms with van der Waals surface area (Å²) in [6.45, 7) is 2.82. The van der Waals surface area contributed by atoms with Crippen LogP contribution in [0.1, 0.15) is 18.5 Å². The van der Waals surface area contributed by atoms with Crippen LogP contribution in [0, 0.1) is 5.82 Å². The zero-order valence-corrected chi connectivity index (χ0v) is 13.2. The summed E-state index contributed by atoms with van der Waals surface area (Å²) >= 11 is 12.5. The molecule has 2 nitrogen and oxygen atoms in total. The Labute approximate surface area is 134 Å². The first kappa shape index (κ1) is 16.1. The molecule has 0 fully saturated rings. The van der Waals surface area contributed by atoms with Crippen LogP contribution in [0.25, 0.3) is 0 Å². The smallest absolute Gasteiger partial charge is 0.146 e. The van der Waals surface area contributed by atoms with Gasteiger partial charge in [-0.15, -0.1) is 0 Å². The molecule has 2 aromatic carbocycles. The lowest BCUT2D eigenvalue weighted by Crippen LogP contribution is -2.34. The SMILES string of the molecule is CCN(c1ccccc1F)C(CN)c1c(Cl)cccc1Cl. The molecule has 0 aliphatic carbocycles. The second kappa shape index (κ2) is 7.12. The summed E-state index contributed by atoms with van der Waals surface area (Å²) in [5, 5.41) is 1.07. The number of nitrogens with two attached hydrogens (primary N) is 1. The second-order valence-corrected chi connectivity index (χ2v) is 5.44. The fourth-order valence-electron chi connectivity index (χ4n) is 2.47. The van der Waals surface area contributed by atoms with Crippen LogP contribution in [-0.4, -0.2) is 13.1 Å². The number of para-hydroxylation sites is 1. The average Bonchev–Trinajstić information content (AvgIpc) is 2.47. The van der Waals surface area contributed by atoms with Gasteiger partial charge in [0.1, 0.15) is 5.82 Å². The molecule has 0 bridgehead atoms. The molecule has 112 valence electrons. The maximum absolute atomic E-state index is 14.1. The van der Waals surface area contributed by atoms with Gasteiger partial charge in [0.05, 0.1) is 11.7 Å². The van der Waals surface area contributed by atoms with Gasteiger partial charge in [-0.2, -0.15) is 0 Å². The zero-order valence-electron chi connectivity index (χ0n) is 11.7. The summed E-state index contributed by atoms with van der Waals surface area (Å²) in [5.74, 6) is -0.291. The van der Waals surface area contributed by atoms with Gasteiger partial charge in [0, 0.05) is 28.7 Å². The van der Waals surface area contributed by atoms with E-state index in [1.54, 1.807) is 36.4 Å². The molecule has 1 atom stereocenters. The molecule has 2 aromatic rings. The Bertz CT molecular complexity index is 599. The third-order valence-electron chi connectivity index (χ3n) is 3.43. The predicted octanol–water partition coefficient (Wildman–Crippen LogP) is 4.66. The number of rotatable bonds is 5. The number of likely N-dealkylation sites (N-methyl/N-ethyl adjacent to an activating group) is 1. The van der Waals surface area contributed by atoms with E-state index in [9.17, 15) is 4.39 Å². The van der Waals surface area contributed by atoms with E-state index in [4.69, 9.17) is 28.9 Å². The highest BCUT2D eigenvalue weighted by Crippen LogP contribution is 2.36. The molecule has 5 heteroatoms. The predicted molar refractivity (Wildman–Crippen MR) is 87.7 cm³/mol. The van der Waals surface area contributed by atoms with Crippen molar-refractivity contribution in [3.63, 3.8) is 0 Å². The molecule has 0 heterocycles. The minimum absolute atomic E-state index is 0.283. The van der Waals surface area contributed by atoms with Crippen molar-refractivity contribution < 1.29 is 4.39 Å². The van der Waals surface area contributed by atoms with Crippen molar-refractivity contribution >= 4 is 28.9 Å². The number of hydrogen-bond acceptors (Lipinski definition) is 2. The summed E-state index contributed by atoms with van der Waals surface area (Å²) < 4.78 is 14.1. The monoisotopic (exact) mass is 326 g/mol. The van der Waals surface area contributed by atoms with E-state index < -0.39 is 0 Å². The van der Waals surface area contributed by atoms with Crippen LogP contribution in [0.3, 0.4) is 0 Å². The van der Waals surface area contributed by atoms with Crippen molar-refractivity contribution in [3.05, 3.63) is 63.9 Å². The number of anilines is 1. The van der Waals surface area contributed by atoms with Gasteiger partial charge in [-0.25, -0.2) is 4.39 Å². The highest BCUT2D eigenvalue weighted by Gasteiger charge is 2.24. The van der Waals surface area contributed by atoms with Crippen LogP contribution in [-0.2, 0) is 0 Å². The van der Waals surface area contributed by atoms with Gasteiger partial charge in [-0.3, -0.25) is 0 Å². The summed E-state index contributed by atoms with van der Waals surface area (Å²) in [5.41, 5.74) is 7.15. The van der Waals surface area contributed by atoms with Crippen LogP contribution in [0.15, 0.2) is 42.5 Å². The van der Waals surface area contributed by atoms with E-state index in [1.807, 2.05) is 11.8 Å². The molecule has 0 spiro atoms. The maximum Gasteiger partial charge on any atom is 0.146 e. The minimum atomic E-state index is -0.291. The molecule has 2 rings (SSSR count). The third kappa shape index (κ3) is 3.31. The Kier molecular flexibility index (Phi) is 5.45. The summed E-state index contributed by atoms with van der Waals surface area (Å²) in [6, 6.07) is 11.6. The van der Waals surface area contributed by atoms with E-state index in [0.717, 1.165) is 5.56 Å². The van der Waals surface area contributed by atoms with Gasteiger partial charge in [-0.05, 0) is 31.2 Å². The van der Waals surface area contributed by atoms with E-state index in [2.05, 4.69) is 0 Å². The fraction of sp³-hybridized carbons (Fsp3) is 0.250. The van der Waals surface area contributed by atoms with Crippen molar-refractivity contribution in [2.75, 3.05) is 18.0 Å². The maximum atomic E-state index is 14.1. The molecule has 0 aliphatic heterocycles. The Morgan fingerprint density at radius 2 is 1.71 bits per heavy atom. The van der Waals surface area contributed by atoms with Crippen molar-refractivity contribution in [1.29, 1.82) is 0 Å². The number of halogens is 3. The highest BCUT2D eigenvalue weighted by molar-refractivity contribution is 6.36. The molecule has 0 aliphatic rings. The molecule has 1 unspecified atom stereocenters. The van der Waals surface area contributed by atoms with Crippen LogP contribution >= 0.6 is 23.2 Å². The summed E-state index contributed by atoms with van der Waals surface area (Å²) in [7, 11) is 0. The molecular formula is C16H17Cl2FN2. The lowest BCUT2D eigenvalue weighted by atomic mass is 10.0. The van der Waals surface area contributed by atoms with Crippen LogP contribution in [0.4, 0.5) is 10.1 Å². The molecule has 0 aromatic heterocycles. The van der Waals surface area contributed by atoms with E-state index in [1.165, 1.54) is 6.07 Å². The van der Waals surface area contributed by atoms with Gasteiger partial charge in [0.2, 0.25) is 0 Å². The largest absolute Gasteiger partial charge is 0.361 e. The van der Waals surface area contributed by atoms with Crippen molar-refractivity contribution in [2.45, 2.75) is 13.0 Å². The summed E-state index contributed by atoms with van der Waals surface area (Å²) in [6.07, 6.45) is 0. The summed E-state index contributed by atoms with van der Waals surface area (Å²) in [4.78, 5) is 1.88. The first-order valence-corrected chi connectivity index (χ1v) is 7.50. The Hall–Kier alpha value is -1.29. The minimum Gasteiger partial charge on any atom is -0.361 e. The molecule has 0 amide bonds. The Morgan fingerprint density at radius 3 is 2.24 bits per heavy atom. The Morgan fingerprint density at radius 1 is 1.10 bits per heavy atom. The fourth-order valence-corrected chi connectivity index (χ4v) is 3.12. The van der Waals surface area contributed by atoms with Gasteiger partial charge in [0.15, 0.2) is 0 Å². The number of benzene rings is 2. The lowest BCUT2D eigenvalue weighted by molar-refractivity contribution is 0.588. The number of hydrogen-bond donors (Lipinski definition) is 1. The lowest BCUT2D eigenvalue weighted by Gasteiger charge is -2.33. The molecular weight excluding hydrogens is 310 g/mol. The van der Waals surface area contributed by atoms with Crippen LogP contribution in [0.5, 0.6) is 0 Å². The van der Waals surface area contributed by atoms with Crippen molar-refractivity contribution in [3.8, 4) is 0 Å². The van der Waals surface area contributed by atoms with Crippen molar-refractivity contribution in [1.82, 2.24) is 0 Å². The molecule has 0 radical (unpaired) electrons. The average molecular weight is 327 g/mol. The first-order valence-electron chi connectivity index (χ1n) is 6.75. The van der Waals surface area contributed by atoms with Gasteiger partial charge < -0.3 is 10.6 Å². The third-order valence-corrected chi connectivity index (χ3v) is 4.09. The van der Waals surface area contributed by atoms with Crippen LogP contribution < -0.4 is 10.6 Å². The van der Waals surface area contributed by atoms with E-state index in [0.29, 0.717) is 22.3 Å². The highest BCUT2D eigenvalue weighted by atomic mass is 35.5. The Balaban J connectivity index is 2.51. The molecule has 0 saturated carbocycles. The topological polar surface area (TPSA) is 29.3 Å². The van der Waals surface area contributed by atoms with Crippen molar-refractivity contribution in [2.24, 2.45) is 5.73 Å². The van der Waals surface area contributed by atoms with Gasteiger partial charge in [0.25, 0.3) is 0 Å². The van der Waals surface area contributed by atoms with Crippen LogP contribution in [0.2, 0.25) is 10.0 Å². The second-order valence-electron chi connectivity index (χ2n) is 4.62. The number of nitrogens with zero attached hydrogens (tertiary/aromatic N) is 1. The van der Waals surface area contributed by atoms with E-state index in [-0.39, 0.29) is 18.4 Å². The van der Waals surface area contributed by atoms with Gasteiger partial charge >= 0.3 is 0 Å². The van der Waals surface area contributed by atoms with E-state index >= 15 is 0 Å². The normalized spacial score (nSPS) is 12.2.